The van der Waals surface area contributed by atoms with Crippen LogP contribution in [0.3, 0.4) is 0 Å². The van der Waals surface area contributed by atoms with Crippen molar-refractivity contribution < 1.29 is 9.66 Å². The molecule has 0 aliphatic rings. The highest BCUT2D eigenvalue weighted by molar-refractivity contribution is 7.07. The van der Waals surface area contributed by atoms with E-state index in [1.165, 1.54) is 6.07 Å². The lowest BCUT2D eigenvalue weighted by atomic mass is 10.2. The number of hydrogen-bond donors (Lipinski definition) is 0. The van der Waals surface area contributed by atoms with Crippen molar-refractivity contribution in [1.82, 2.24) is 9.36 Å². The van der Waals surface area contributed by atoms with E-state index in [-0.39, 0.29) is 17.4 Å². The van der Waals surface area contributed by atoms with Gasteiger partial charge in [-0.05, 0) is 18.6 Å². The van der Waals surface area contributed by atoms with Crippen molar-refractivity contribution in [3.63, 3.8) is 0 Å². The Labute approximate surface area is 114 Å². The molecule has 2 aromatic rings. The van der Waals surface area contributed by atoms with Gasteiger partial charge in [0.15, 0.2) is 0 Å². The van der Waals surface area contributed by atoms with Gasteiger partial charge in [-0.1, -0.05) is 19.9 Å². The van der Waals surface area contributed by atoms with Crippen LogP contribution in [-0.2, 0) is 0 Å². The average Bonchev–Trinajstić information content (AvgIpc) is 2.77. The van der Waals surface area contributed by atoms with E-state index < -0.39 is 4.92 Å². The Bertz CT molecular complexity index is 610. The molecule has 100 valence electrons. The fourth-order valence-electron chi connectivity index (χ4n) is 1.44. The van der Waals surface area contributed by atoms with Crippen LogP contribution < -0.4 is 4.74 Å². The Balaban J connectivity index is 2.31. The number of ether oxygens (including phenoxy) is 1. The lowest BCUT2D eigenvalue weighted by molar-refractivity contribution is -0.385. The smallest absolute Gasteiger partial charge is 0.311 e. The van der Waals surface area contributed by atoms with E-state index in [0.717, 1.165) is 17.1 Å². The first-order valence-electron chi connectivity index (χ1n) is 5.74. The molecule has 2 rings (SSSR count). The standard InChI is InChI=1S/C12H13N3O3S/c1-7(2)11-13-12(19-14-11)18-10-6-8(3)4-5-9(10)15(16)17/h4-7H,1-3H3. The van der Waals surface area contributed by atoms with E-state index in [2.05, 4.69) is 9.36 Å². The van der Waals surface area contributed by atoms with Gasteiger partial charge in [-0.2, -0.15) is 9.36 Å². The summed E-state index contributed by atoms with van der Waals surface area (Å²) >= 11 is 1.09. The van der Waals surface area contributed by atoms with Crippen LogP contribution in [0.5, 0.6) is 10.9 Å². The summed E-state index contributed by atoms with van der Waals surface area (Å²) in [7, 11) is 0. The molecule has 0 radical (unpaired) electrons. The number of aromatic nitrogens is 2. The first-order chi connectivity index (χ1) is 8.97. The minimum atomic E-state index is -0.473. The third-order valence-electron chi connectivity index (χ3n) is 2.45. The second kappa shape index (κ2) is 5.31. The molecule has 0 atom stereocenters. The molecule has 0 saturated carbocycles. The third kappa shape index (κ3) is 3.05. The van der Waals surface area contributed by atoms with E-state index in [1.807, 2.05) is 20.8 Å². The summed E-state index contributed by atoms with van der Waals surface area (Å²) in [6.07, 6.45) is 0. The molecule has 19 heavy (non-hydrogen) atoms. The molecular formula is C12H13N3O3S. The maximum atomic E-state index is 10.9. The fraction of sp³-hybridized carbons (Fsp3) is 0.333. The summed E-state index contributed by atoms with van der Waals surface area (Å²) in [6, 6.07) is 4.72. The van der Waals surface area contributed by atoms with Gasteiger partial charge in [0.05, 0.1) is 4.92 Å². The Morgan fingerprint density at radius 3 is 2.74 bits per heavy atom. The zero-order valence-corrected chi connectivity index (χ0v) is 11.6. The number of nitro benzene ring substituents is 1. The van der Waals surface area contributed by atoms with Crippen LogP contribution in [0, 0.1) is 17.0 Å². The van der Waals surface area contributed by atoms with Crippen LogP contribution in [0.2, 0.25) is 0 Å². The van der Waals surface area contributed by atoms with Gasteiger partial charge in [0.1, 0.15) is 5.82 Å². The molecule has 0 bridgehead atoms. The average molecular weight is 279 g/mol. The van der Waals surface area contributed by atoms with Crippen molar-refractivity contribution in [3.05, 3.63) is 39.7 Å². The molecule has 1 aromatic carbocycles. The molecule has 0 amide bonds. The van der Waals surface area contributed by atoms with Crippen LogP contribution in [-0.4, -0.2) is 14.3 Å². The first kappa shape index (κ1) is 13.4. The van der Waals surface area contributed by atoms with Gasteiger partial charge < -0.3 is 4.74 Å². The molecule has 6 nitrogen and oxygen atoms in total. The zero-order chi connectivity index (χ0) is 14.0. The van der Waals surface area contributed by atoms with Gasteiger partial charge in [-0.3, -0.25) is 10.1 Å². The topological polar surface area (TPSA) is 78.2 Å². The molecule has 0 aliphatic heterocycles. The van der Waals surface area contributed by atoms with Crippen molar-refractivity contribution in [2.24, 2.45) is 0 Å². The molecule has 0 unspecified atom stereocenters. The Hall–Kier alpha value is -2.02. The molecule has 0 aliphatic carbocycles. The summed E-state index contributed by atoms with van der Waals surface area (Å²) in [5.41, 5.74) is 0.807. The number of benzene rings is 1. The number of hydrogen-bond acceptors (Lipinski definition) is 6. The van der Waals surface area contributed by atoms with Gasteiger partial charge in [0.2, 0.25) is 5.75 Å². The largest absolute Gasteiger partial charge is 0.422 e. The highest BCUT2D eigenvalue weighted by atomic mass is 32.1. The molecule has 0 saturated heterocycles. The van der Waals surface area contributed by atoms with E-state index >= 15 is 0 Å². The Morgan fingerprint density at radius 1 is 1.42 bits per heavy atom. The van der Waals surface area contributed by atoms with Crippen LogP contribution in [0.25, 0.3) is 0 Å². The maximum absolute atomic E-state index is 10.9. The highest BCUT2D eigenvalue weighted by Gasteiger charge is 2.18. The van der Waals surface area contributed by atoms with E-state index in [4.69, 9.17) is 4.74 Å². The highest BCUT2D eigenvalue weighted by Crippen LogP contribution is 2.33. The molecule has 7 heteroatoms. The number of nitro groups is 1. The van der Waals surface area contributed by atoms with Crippen molar-refractivity contribution >= 4 is 17.2 Å². The molecule has 0 spiro atoms. The number of rotatable bonds is 4. The summed E-state index contributed by atoms with van der Waals surface area (Å²) in [6.45, 7) is 5.79. The Kier molecular flexibility index (Phi) is 3.75. The SMILES string of the molecule is Cc1ccc([N+](=O)[O-])c(Oc2nc(C(C)C)ns2)c1. The molecule has 1 aromatic heterocycles. The minimum Gasteiger partial charge on any atom is -0.422 e. The van der Waals surface area contributed by atoms with E-state index in [1.54, 1.807) is 12.1 Å². The predicted molar refractivity (Wildman–Crippen MR) is 71.9 cm³/mol. The molecule has 0 fully saturated rings. The summed E-state index contributed by atoms with van der Waals surface area (Å²) in [4.78, 5) is 14.7. The van der Waals surface area contributed by atoms with Gasteiger partial charge in [-0.15, -0.1) is 0 Å². The predicted octanol–water partition coefficient (Wildman–Crippen LogP) is 3.67. The van der Waals surface area contributed by atoms with Gasteiger partial charge in [-0.25, -0.2) is 0 Å². The maximum Gasteiger partial charge on any atom is 0.311 e. The normalized spacial score (nSPS) is 10.7. The summed E-state index contributed by atoms with van der Waals surface area (Å²) in [5.74, 6) is 1.06. The van der Waals surface area contributed by atoms with E-state index in [9.17, 15) is 10.1 Å². The van der Waals surface area contributed by atoms with Crippen molar-refractivity contribution in [3.8, 4) is 10.9 Å². The molecule has 1 heterocycles. The first-order valence-corrected chi connectivity index (χ1v) is 6.51. The number of aryl methyl sites for hydroxylation is 1. The summed E-state index contributed by atoms with van der Waals surface area (Å²) in [5, 5.41) is 11.2. The lowest BCUT2D eigenvalue weighted by Gasteiger charge is -2.03. The van der Waals surface area contributed by atoms with Crippen molar-refractivity contribution in [2.75, 3.05) is 0 Å². The second-order valence-corrected chi connectivity index (χ2v) is 5.12. The van der Waals surface area contributed by atoms with E-state index in [0.29, 0.717) is 11.0 Å². The van der Waals surface area contributed by atoms with Gasteiger partial charge >= 0.3 is 5.69 Å². The fourth-order valence-corrected chi connectivity index (χ4v) is 2.13. The third-order valence-corrected chi connectivity index (χ3v) is 3.06. The van der Waals surface area contributed by atoms with Crippen molar-refractivity contribution in [2.45, 2.75) is 26.7 Å². The molecule has 0 N–H and O–H groups in total. The lowest BCUT2D eigenvalue weighted by Crippen LogP contribution is -1.94. The minimum absolute atomic E-state index is 0.0769. The van der Waals surface area contributed by atoms with Crippen LogP contribution in [0.4, 0.5) is 5.69 Å². The Morgan fingerprint density at radius 2 is 2.16 bits per heavy atom. The van der Waals surface area contributed by atoms with Gasteiger partial charge in [0.25, 0.3) is 5.19 Å². The van der Waals surface area contributed by atoms with Crippen LogP contribution in [0.15, 0.2) is 18.2 Å². The zero-order valence-electron chi connectivity index (χ0n) is 10.8. The number of nitrogens with zero attached hydrogens (tertiary/aromatic N) is 3. The summed E-state index contributed by atoms with van der Waals surface area (Å²) < 4.78 is 9.63. The quantitative estimate of drug-likeness (QED) is 0.630. The van der Waals surface area contributed by atoms with Crippen LogP contribution in [0.1, 0.15) is 31.2 Å². The van der Waals surface area contributed by atoms with Crippen molar-refractivity contribution in [1.29, 1.82) is 0 Å². The monoisotopic (exact) mass is 279 g/mol. The second-order valence-electron chi connectivity index (χ2n) is 4.40. The van der Waals surface area contributed by atoms with Crippen LogP contribution >= 0.6 is 11.5 Å². The van der Waals surface area contributed by atoms with Gasteiger partial charge in [0, 0.05) is 23.5 Å². The molecular weight excluding hydrogens is 266 g/mol.